The van der Waals surface area contributed by atoms with Crippen LogP contribution in [-0.2, 0) is 13.3 Å². The Balaban J connectivity index is 3.13. The van der Waals surface area contributed by atoms with E-state index in [1.807, 2.05) is 0 Å². The largest absolute Gasteiger partial charge is 0.396 e. The van der Waals surface area contributed by atoms with Crippen LogP contribution in [0, 0.1) is 0 Å². The van der Waals surface area contributed by atoms with Crippen molar-refractivity contribution in [2.45, 2.75) is 38.9 Å². The zero-order valence-corrected chi connectivity index (χ0v) is 15.3. The highest BCUT2D eigenvalue weighted by Gasteiger charge is 2.59. The molecule has 9 heteroatoms. The van der Waals surface area contributed by atoms with E-state index in [1.54, 1.807) is 21.3 Å². The Morgan fingerprint density at radius 3 is 0.944 bits per heavy atom. The third-order valence-corrected chi connectivity index (χ3v) is 18.5. The van der Waals surface area contributed by atoms with Crippen molar-refractivity contribution in [3.8, 4) is 0 Å². The summed E-state index contributed by atoms with van der Waals surface area (Å²) in [6.07, 6.45) is 0. The maximum atomic E-state index is 5.83. The van der Waals surface area contributed by atoms with Crippen molar-refractivity contribution in [3.05, 3.63) is 0 Å². The minimum absolute atomic E-state index is 0.946. The van der Waals surface area contributed by atoms with Crippen LogP contribution in [-0.4, -0.2) is 47.3 Å². The second-order valence-electron chi connectivity index (χ2n) is 4.53. The topological polar surface area (TPSA) is 63.8 Å². The predicted octanol–water partition coefficient (Wildman–Crippen LogP) is 0.584. The van der Waals surface area contributed by atoms with Gasteiger partial charge in [0, 0.05) is 21.3 Å². The van der Waals surface area contributed by atoms with Crippen molar-refractivity contribution < 1.29 is 13.3 Å². The Hall–Kier alpha value is 0.411. The highest BCUT2D eigenvalue weighted by Crippen LogP contribution is 2.21. The first-order chi connectivity index (χ1) is 8.49. The number of hydrogen-bond acceptors (Lipinski definition) is 6. The van der Waals surface area contributed by atoms with E-state index in [-0.39, 0.29) is 0 Å². The van der Waals surface area contributed by atoms with Crippen molar-refractivity contribution in [2.24, 2.45) is 0 Å². The average molecular weight is 310 g/mol. The molecule has 0 aromatic rings. The van der Waals surface area contributed by atoms with Crippen molar-refractivity contribution >= 4 is 25.9 Å². The lowest BCUT2D eigenvalue weighted by Crippen LogP contribution is -2.93. The summed E-state index contributed by atoms with van der Waals surface area (Å²) in [5.74, 6) is 0. The number of rotatable bonds is 6. The van der Waals surface area contributed by atoms with Gasteiger partial charge in [0.05, 0.1) is 0 Å². The van der Waals surface area contributed by atoms with Crippen molar-refractivity contribution in [2.75, 3.05) is 21.3 Å². The lowest BCUT2D eigenvalue weighted by molar-refractivity contribution is 0.315. The molecular formula is C9H27N3O3Si3. The van der Waals surface area contributed by atoms with Gasteiger partial charge in [-0.1, -0.05) is 20.8 Å². The van der Waals surface area contributed by atoms with Crippen LogP contribution in [0.1, 0.15) is 20.8 Å². The van der Waals surface area contributed by atoms with Crippen molar-refractivity contribution in [1.29, 1.82) is 0 Å². The maximum absolute atomic E-state index is 5.83. The summed E-state index contributed by atoms with van der Waals surface area (Å²) in [7, 11) is -1.20. The molecule has 0 saturated carbocycles. The second-order valence-corrected chi connectivity index (χ2v) is 15.8. The first-order valence-corrected chi connectivity index (χ1v) is 12.9. The fourth-order valence-electron chi connectivity index (χ4n) is 2.34. The maximum Gasteiger partial charge on any atom is 0.343 e. The Kier molecular flexibility index (Phi) is 5.71. The summed E-state index contributed by atoms with van der Waals surface area (Å²) in [4.78, 5) is 0. The molecule has 0 radical (unpaired) electrons. The molecule has 0 aliphatic carbocycles. The van der Waals surface area contributed by atoms with Gasteiger partial charge in [-0.15, -0.1) is 0 Å². The molecule has 0 unspecified atom stereocenters. The van der Waals surface area contributed by atoms with Crippen LogP contribution in [0.2, 0.25) is 18.1 Å². The summed E-state index contributed by atoms with van der Waals surface area (Å²) >= 11 is 0. The van der Waals surface area contributed by atoms with Crippen LogP contribution in [0.25, 0.3) is 0 Å². The van der Waals surface area contributed by atoms with Gasteiger partial charge in [0.1, 0.15) is 0 Å². The first-order valence-electron chi connectivity index (χ1n) is 6.52. The Labute approximate surface area is 114 Å². The molecule has 108 valence electrons. The summed E-state index contributed by atoms with van der Waals surface area (Å²) < 4.78 is 28.5. The molecule has 0 amide bonds. The molecular weight excluding hydrogens is 282 g/mol. The molecule has 18 heavy (non-hydrogen) atoms. The fraction of sp³-hybridized carbons (Fsp3) is 1.00. The van der Waals surface area contributed by atoms with Gasteiger partial charge in [0.2, 0.25) is 0 Å². The van der Waals surface area contributed by atoms with Crippen molar-refractivity contribution in [3.63, 3.8) is 0 Å². The SMILES string of the molecule is CC[Si]1(OC)N[Si](CC)(OC)N[Si](CC)(OC)N1. The minimum atomic E-state index is -2.17. The first kappa shape index (κ1) is 16.5. The zero-order chi connectivity index (χ0) is 13.9. The minimum Gasteiger partial charge on any atom is -0.396 e. The molecule has 0 aromatic heterocycles. The van der Waals surface area contributed by atoms with Crippen LogP contribution in [0.5, 0.6) is 0 Å². The number of nitrogens with one attached hydrogen (secondary N) is 3. The summed E-state index contributed by atoms with van der Waals surface area (Å²) in [5, 5.41) is 0. The molecule has 1 saturated heterocycles. The molecule has 3 N–H and O–H groups in total. The van der Waals surface area contributed by atoms with Gasteiger partial charge >= 0.3 is 25.9 Å². The van der Waals surface area contributed by atoms with E-state index in [0.717, 1.165) is 18.1 Å². The lowest BCUT2D eigenvalue weighted by Gasteiger charge is -2.51. The van der Waals surface area contributed by atoms with Gasteiger partial charge in [-0.3, -0.25) is 13.9 Å². The van der Waals surface area contributed by atoms with Crippen molar-refractivity contribution in [1.82, 2.24) is 13.9 Å². The molecule has 1 aliphatic heterocycles. The van der Waals surface area contributed by atoms with Gasteiger partial charge in [-0.05, 0) is 18.1 Å². The predicted molar refractivity (Wildman–Crippen MR) is 79.1 cm³/mol. The quantitative estimate of drug-likeness (QED) is 0.624. The van der Waals surface area contributed by atoms with E-state index in [2.05, 4.69) is 34.7 Å². The van der Waals surface area contributed by atoms with E-state index in [9.17, 15) is 0 Å². The van der Waals surface area contributed by atoms with Gasteiger partial charge in [-0.2, -0.15) is 0 Å². The number of hydrogen-bond donors (Lipinski definition) is 3. The highest BCUT2D eigenvalue weighted by atomic mass is 28.5. The van der Waals surface area contributed by atoms with E-state index in [1.165, 1.54) is 0 Å². The van der Waals surface area contributed by atoms with Gasteiger partial charge < -0.3 is 13.3 Å². The standard InChI is InChI=1S/C9H27N3O3Si3/c1-7-16(13-4)10-17(8-2,14-5)12-18(9-3,11-16)15-6/h10-12H,7-9H2,1-6H3. The summed E-state index contributed by atoms with van der Waals surface area (Å²) in [6.45, 7) is 6.45. The summed E-state index contributed by atoms with van der Waals surface area (Å²) in [6, 6.07) is 2.84. The summed E-state index contributed by atoms with van der Waals surface area (Å²) in [5.41, 5.74) is 0. The van der Waals surface area contributed by atoms with E-state index < -0.39 is 25.9 Å². The normalized spacial score (nSPS) is 41.0. The molecule has 1 aliphatic rings. The average Bonchev–Trinajstić information content (AvgIpc) is 2.46. The van der Waals surface area contributed by atoms with Crippen LogP contribution in [0.4, 0.5) is 0 Å². The van der Waals surface area contributed by atoms with E-state index in [0.29, 0.717) is 0 Å². The van der Waals surface area contributed by atoms with Crippen LogP contribution in [0.15, 0.2) is 0 Å². The van der Waals surface area contributed by atoms with Gasteiger partial charge in [0.15, 0.2) is 0 Å². The molecule has 0 atom stereocenters. The Bertz CT molecular complexity index is 216. The van der Waals surface area contributed by atoms with Crippen LogP contribution in [0.3, 0.4) is 0 Å². The lowest BCUT2D eigenvalue weighted by atomic mass is 11.0. The fourth-order valence-corrected chi connectivity index (χ4v) is 20.2. The third-order valence-electron chi connectivity index (χ3n) is 3.75. The smallest absolute Gasteiger partial charge is 0.343 e. The van der Waals surface area contributed by atoms with E-state index >= 15 is 0 Å². The second kappa shape index (κ2) is 6.24. The molecule has 0 bridgehead atoms. The zero-order valence-electron chi connectivity index (χ0n) is 12.3. The highest BCUT2D eigenvalue weighted by molar-refractivity contribution is 7.01. The molecule has 1 heterocycles. The molecule has 6 nitrogen and oxygen atoms in total. The molecule has 0 spiro atoms. The molecule has 1 rings (SSSR count). The van der Waals surface area contributed by atoms with E-state index in [4.69, 9.17) is 13.3 Å². The van der Waals surface area contributed by atoms with Gasteiger partial charge in [0.25, 0.3) is 0 Å². The van der Waals surface area contributed by atoms with Gasteiger partial charge in [-0.25, -0.2) is 0 Å². The monoisotopic (exact) mass is 309 g/mol. The molecule has 1 fully saturated rings. The Morgan fingerprint density at radius 2 is 0.833 bits per heavy atom. The third kappa shape index (κ3) is 2.94. The van der Waals surface area contributed by atoms with Crippen LogP contribution < -0.4 is 13.9 Å². The van der Waals surface area contributed by atoms with Crippen LogP contribution >= 0.6 is 0 Å². The Morgan fingerprint density at radius 1 is 0.611 bits per heavy atom. The molecule has 0 aromatic carbocycles.